The molecule has 6 heteroatoms. The number of imide groups is 1. The van der Waals surface area contributed by atoms with Gasteiger partial charge in [-0.05, 0) is 49.2 Å². The van der Waals surface area contributed by atoms with Crippen LogP contribution in [0.1, 0.15) is 17.5 Å². The molecule has 0 aromatic heterocycles. The first-order valence-electron chi connectivity index (χ1n) is 7.52. The van der Waals surface area contributed by atoms with E-state index >= 15 is 0 Å². The van der Waals surface area contributed by atoms with Gasteiger partial charge >= 0.3 is 0 Å². The van der Waals surface area contributed by atoms with Gasteiger partial charge in [0.15, 0.2) is 0 Å². The maximum Gasteiger partial charge on any atom is 0.256 e. The zero-order valence-corrected chi connectivity index (χ0v) is 14.8. The molecule has 2 aromatic carbocycles. The van der Waals surface area contributed by atoms with Crippen molar-refractivity contribution in [3.05, 3.63) is 57.6 Å². The lowest BCUT2D eigenvalue weighted by Crippen LogP contribution is -2.35. The molecule has 1 atom stereocenters. The Labute approximate surface area is 150 Å². The number of carbonyl (C=O) groups is 2. The average molecular weight is 363 g/mol. The molecule has 1 aliphatic rings. The summed E-state index contributed by atoms with van der Waals surface area (Å²) >= 11 is 12.0. The van der Waals surface area contributed by atoms with Gasteiger partial charge in [-0.1, -0.05) is 35.3 Å². The fraction of sp³-hybridized carbons (Fsp3) is 0.222. The van der Waals surface area contributed by atoms with E-state index in [0.29, 0.717) is 21.4 Å². The highest BCUT2D eigenvalue weighted by atomic mass is 35.5. The number of hydrogen-bond donors (Lipinski definition) is 1. The lowest BCUT2D eigenvalue weighted by molar-refractivity contribution is -0.121. The molecule has 0 bridgehead atoms. The van der Waals surface area contributed by atoms with E-state index in [4.69, 9.17) is 23.2 Å². The standard InChI is InChI=1S/C18H16Cl2N2O2/c1-10-3-4-11(2)16(7-10)22-17(23)9-15(18(22)24)21-14-6-5-12(19)8-13(14)20/h3-8,15,21H,9H2,1-2H3. The summed E-state index contributed by atoms with van der Waals surface area (Å²) in [5.41, 5.74) is 3.09. The van der Waals surface area contributed by atoms with E-state index in [-0.39, 0.29) is 18.2 Å². The van der Waals surface area contributed by atoms with E-state index in [0.717, 1.165) is 11.1 Å². The molecule has 2 amide bonds. The molecule has 1 saturated heterocycles. The number of benzene rings is 2. The Morgan fingerprint density at radius 3 is 2.54 bits per heavy atom. The predicted molar refractivity (Wildman–Crippen MR) is 96.9 cm³/mol. The summed E-state index contributed by atoms with van der Waals surface area (Å²) in [6.07, 6.45) is 0.0885. The fourth-order valence-electron chi connectivity index (χ4n) is 2.75. The summed E-state index contributed by atoms with van der Waals surface area (Å²) in [5, 5.41) is 3.97. The van der Waals surface area contributed by atoms with Crippen LogP contribution in [0.25, 0.3) is 0 Å². The van der Waals surface area contributed by atoms with Crippen LogP contribution in [0.4, 0.5) is 11.4 Å². The number of amides is 2. The Hall–Kier alpha value is -2.04. The number of hydrogen-bond acceptors (Lipinski definition) is 3. The minimum atomic E-state index is -0.643. The summed E-state index contributed by atoms with van der Waals surface area (Å²) in [5.74, 6) is -0.504. The Bertz CT molecular complexity index is 836. The molecular weight excluding hydrogens is 347 g/mol. The Morgan fingerprint density at radius 1 is 1.08 bits per heavy atom. The van der Waals surface area contributed by atoms with Gasteiger partial charge in [0, 0.05) is 5.02 Å². The molecule has 1 unspecified atom stereocenters. The summed E-state index contributed by atoms with van der Waals surface area (Å²) in [4.78, 5) is 26.4. The van der Waals surface area contributed by atoms with Gasteiger partial charge in [-0.15, -0.1) is 0 Å². The van der Waals surface area contributed by atoms with Crippen LogP contribution in [0, 0.1) is 13.8 Å². The molecule has 2 aromatic rings. The van der Waals surface area contributed by atoms with E-state index in [1.165, 1.54) is 4.90 Å². The number of carbonyl (C=O) groups excluding carboxylic acids is 2. The molecule has 1 fully saturated rings. The second-order valence-electron chi connectivity index (χ2n) is 5.88. The zero-order chi connectivity index (χ0) is 17.4. The van der Waals surface area contributed by atoms with Crippen molar-refractivity contribution in [1.29, 1.82) is 0 Å². The van der Waals surface area contributed by atoms with Crippen molar-refractivity contribution in [3.63, 3.8) is 0 Å². The van der Waals surface area contributed by atoms with E-state index < -0.39 is 6.04 Å². The van der Waals surface area contributed by atoms with Crippen LogP contribution < -0.4 is 10.2 Å². The first-order valence-corrected chi connectivity index (χ1v) is 8.28. The second-order valence-corrected chi connectivity index (χ2v) is 6.73. The van der Waals surface area contributed by atoms with Crippen LogP contribution in [0.15, 0.2) is 36.4 Å². The van der Waals surface area contributed by atoms with Gasteiger partial charge in [0.25, 0.3) is 5.91 Å². The normalized spacial score (nSPS) is 17.5. The van der Waals surface area contributed by atoms with E-state index in [1.54, 1.807) is 18.2 Å². The largest absolute Gasteiger partial charge is 0.372 e. The average Bonchev–Trinajstić information content (AvgIpc) is 2.79. The number of halogens is 2. The third-order valence-corrected chi connectivity index (χ3v) is 4.56. The fourth-order valence-corrected chi connectivity index (χ4v) is 3.22. The van der Waals surface area contributed by atoms with Crippen LogP contribution in [0.2, 0.25) is 10.0 Å². The number of nitrogens with one attached hydrogen (secondary N) is 1. The lowest BCUT2D eigenvalue weighted by Gasteiger charge is -2.19. The number of nitrogens with zero attached hydrogens (tertiary/aromatic N) is 1. The van der Waals surface area contributed by atoms with Gasteiger partial charge in [0.05, 0.1) is 22.8 Å². The van der Waals surface area contributed by atoms with E-state index in [1.807, 2.05) is 32.0 Å². The summed E-state index contributed by atoms with van der Waals surface area (Å²) < 4.78 is 0. The Morgan fingerprint density at radius 2 is 1.83 bits per heavy atom. The molecule has 24 heavy (non-hydrogen) atoms. The molecule has 3 rings (SSSR count). The highest BCUT2D eigenvalue weighted by Gasteiger charge is 2.40. The number of aryl methyl sites for hydroxylation is 2. The smallest absolute Gasteiger partial charge is 0.256 e. The third-order valence-electron chi connectivity index (χ3n) is 4.01. The molecule has 0 saturated carbocycles. The lowest BCUT2D eigenvalue weighted by atomic mass is 10.1. The van der Waals surface area contributed by atoms with Crippen molar-refractivity contribution in [2.24, 2.45) is 0 Å². The quantitative estimate of drug-likeness (QED) is 0.825. The maximum absolute atomic E-state index is 12.7. The van der Waals surface area contributed by atoms with E-state index in [2.05, 4.69) is 5.32 Å². The van der Waals surface area contributed by atoms with Crippen LogP contribution in [0.3, 0.4) is 0 Å². The molecule has 4 nitrogen and oxygen atoms in total. The number of anilines is 2. The van der Waals surface area contributed by atoms with Crippen molar-refractivity contribution < 1.29 is 9.59 Å². The Balaban J connectivity index is 1.87. The van der Waals surface area contributed by atoms with Crippen molar-refractivity contribution >= 4 is 46.4 Å². The minimum Gasteiger partial charge on any atom is -0.372 e. The first-order chi connectivity index (χ1) is 11.4. The highest BCUT2D eigenvalue weighted by Crippen LogP contribution is 2.31. The molecule has 1 N–H and O–H groups in total. The van der Waals surface area contributed by atoms with Gasteiger partial charge in [-0.25, -0.2) is 4.90 Å². The van der Waals surface area contributed by atoms with E-state index in [9.17, 15) is 9.59 Å². The summed E-state index contributed by atoms with van der Waals surface area (Å²) in [6.45, 7) is 3.81. The molecule has 124 valence electrons. The second kappa shape index (κ2) is 6.46. The molecule has 0 radical (unpaired) electrons. The van der Waals surface area contributed by atoms with Gasteiger partial charge in [-0.3, -0.25) is 9.59 Å². The van der Waals surface area contributed by atoms with Crippen LogP contribution in [-0.2, 0) is 9.59 Å². The van der Waals surface area contributed by atoms with Crippen molar-refractivity contribution in [1.82, 2.24) is 0 Å². The van der Waals surface area contributed by atoms with Crippen LogP contribution >= 0.6 is 23.2 Å². The first kappa shape index (κ1) is 16.8. The zero-order valence-electron chi connectivity index (χ0n) is 13.3. The molecule has 1 heterocycles. The minimum absolute atomic E-state index is 0.0885. The third kappa shape index (κ3) is 3.12. The number of rotatable bonds is 3. The monoisotopic (exact) mass is 362 g/mol. The summed E-state index contributed by atoms with van der Waals surface area (Å²) in [7, 11) is 0. The topological polar surface area (TPSA) is 49.4 Å². The molecule has 0 aliphatic carbocycles. The highest BCUT2D eigenvalue weighted by molar-refractivity contribution is 6.36. The Kier molecular flexibility index (Phi) is 4.52. The molecule has 1 aliphatic heterocycles. The maximum atomic E-state index is 12.7. The van der Waals surface area contributed by atoms with Gasteiger partial charge in [-0.2, -0.15) is 0 Å². The van der Waals surface area contributed by atoms with Gasteiger partial charge in [0.1, 0.15) is 6.04 Å². The van der Waals surface area contributed by atoms with Gasteiger partial charge < -0.3 is 5.32 Å². The molecular formula is C18H16Cl2N2O2. The molecule has 0 spiro atoms. The van der Waals surface area contributed by atoms with Crippen LogP contribution in [0.5, 0.6) is 0 Å². The SMILES string of the molecule is Cc1ccc(C)c(N2C(=O)CC(Nc3ccc(Cl)cc3Cl)C2=O)c1. The predicted octanol–water partition coefficient (Wildman–Crippen LogP) is 4.35. The van der Waals surface area contributed by atoms with Crippen LogP contribution in [-0.4, -0.2) is 17.9 Å². The van der Waals surface area contributed by atoms with Crippen molar-refractivity contribution in [3.8, 4) is 0 Å². The summed E-state index contributed by atoms with van der Waals surface area (Å²) in [6, 6.07) is 10.0. The van der Waals surface area contributed by atoms with Crippen molar-refractivity contribution in [2.75, 3.05) is 10.2 Å². The van der Waals surface area contributed by atoms with Gasteiger partial charge in [0.2, 0.25) is 5.91 Å². The van der Waals surface area contributed by atoms with Crippen molar-refractivity contribution in [2.45, 2.75) is 26.3 Å².